The van der Waals surface area contributed by atoms with Crippen LogP contribution in [0.3, 0.4) is 0 Å². The van der Waals surface area contributed by atoms with E-state index >= 15 is 4.39 Å². The fraction of sp³-hybridized carbons (Fsp3) is 0.400. The number of aromatic nitrogens is 2. The summed E-state index contributed by atoms with van der Waals surface area (Å²) < 4.78 is 34.6. The summed E-state index contributed by atoms with van der Waals surface area (Å²) in [6, 6.07) is 4.10. The van der Waals surface area contributed by atoms with E-state index in [4.69, 9.17) is 4.74 Å². The molecule has 0 aliphatic carbocycles. The predicted molar refractivity (Wildman–Crippen MR) is 131 cm³/mol. The number of hydrogen-bond acceptors (Lipinski definition) is 7. The SMILES string of the molecule is CC(=O)N1CCN(c2nc3cc(F)cc(F)c3c(Nc3cncc(N4CCOCC4)c3)c2C)CC1. The first-order valence-electron chi connectivity index (χ1n) is 11.8. The molecule has 2 saturated heterocycles. The zero-order chi connectivity index (χ0) is 24.5. The van der Waals surface area contributed by atoms with Crippen LogP contribution in [0, 0.1) is 18.6 Å². The van der Waals surface area contributed by atoms with Crippen LogP contribution in [0.15, 0.2) is 30.6 Å². The van der Waals surface area contributed by atoms with Crippen LogP contribution in [0.5, 0.6) is 0 Å². The molecule has 0 radical (unpaired) electrons. The highest BCUT2D eigenvalue weighted by Gasteiger charge is 2.24. The van der Waals surface area contributed by atoms with Gasteiger partial charge in [0.15, 0.2) is 0 Å². The van der Waals surface area contributed by atoms with Gasteiger partial charge in [-0.3, -0.25) is 9.78 Å². The lowest BCUT2D eigenvalue weighted by Gasteiger charge is -2.36. The summed E-state index contributed by atoms with van der Waals surface area (Å²) in [6.07, 6.45) is 3.48. The van der Waals surface area contributed by atoms with Gasteiger partial charge in [0.25, 0.3) is 0 Å². The number of anilines is 4. The van der Waals surface area contributed by atoms with E-state index in [-0.39, 0.29) is 16.8 Å². The quantitative estimate of drug-likeness (QED) is 0.611. The van der Waals surface area contributed by atoms with Crippen molar-refractivity contribution in [2.75, 3.05) is 67.6 Å². The topological polar surface area (TPSA) is 73.8 Å². The second-order valence-electron chi connectivity index (χ2n) is 8.87. The third-order valence-electron chi connectivity index (χ3n) is 6.61. The summed E-state index contributed by atoms with van der Waals surface area (Å²) in [7, 11) is 0. The molecule has 0 spiro atoms. The summed E-state index contributed by atoms with van der Waals surface area (Å²) in [5.74, 6) is -0.679. The average Bonchev–Trinajstić information content (AvgIpc) is 2.86. The van der Waals surface area contributed by atoms with E-state index in [0.29, 0.717) is 56.6 Å². The molecule has 1 aromatic carbocycles. The number of piperazine rings is 1. The van der Waals surface area contributed by atoms with Gasteiger partial charge < -0.3 is 24.8 Å². The molecule has 0 atom stereocenters. The highest BCUT2D eigenvalue weighted by molar-refractivity contribution is 5.97. The lowest BCUT2D eigenvalue weighted by molar-refractivity contribution is -0.129. The maximum Gasteiger partial charge on any atom is 0.219 e. The molecule has 0 saturated carbocycles. The van der Waals surface area contributed by atoms with Gasteiger partial charge in [-0.15, -0.1) is 0 Å². The first-order valence-corrected chi connectivity index (χ1v) is 11.8. The second-order valence-corrected chi connectivity index (χ2v) is 8.87. The van der Waals surface area contributed by atoms with Crippen LogP contribution in [0.4, 0.5) is 31.7 Å². The predicted octanol–water partition coefficient (Wildman–Crippen LogP) is 3.47. The monoisotopic (exact) mass is 482 g/mol. The molecule has 0 unspecified atom stereocenters. The van der Waals surface area contributed by atoms with Crippen molar-refractivity contribution < 1.29 is 18.3 Å². The fourth-order valence-electron chi connectivity index (χ4n) is 4.73. The molecular weight excluding hydrogens is 454 g/mol. The van der Waals surface area contributed by atoms with Crippen molar-refractivity contribution in [3.8, 4) is 0 Å². The number of amides is 1. The lowest BCUT2D eigenvalue weighted by Crippen LogP contribution is -2.48. The molecule has 2 aliphatic heterocycles. The zero-order valence-electron chi connectivity index (χ0n) is 19.9. The van der Waals surface area contributed by atoms with Gasteiger partial charge >= 0.3 is 0 Å². The van der Waals surface area contributed by atoms with Crippen molar-refractivity contribution in [2.45, 2.75) is 13.8 Å². The van der Waals surface area contributed by atoms with Crippen LogP contribution in [0.2, 0.25) is 0 Å². The lowest BCUT2D eigenvalue weighted by atomic mass is 10.1. The second kappa shape index (κ2) is 9.61. The van der Waals surface area contributed by atoms with Crippen molar-refractivity contribution in [1.82, 2.24) is 14.9 Å². The van der Waals surface area contributed by atoms with Gasteiger partial charge in [-0.05, 0) is 13.0 Å². The summed E-state index contributed by atoms with van der Waals surface area (Å²) in [5.41, 5.74) is 3.15. The highest BCUT2D eigenvalue weighted by atomic mass is 19.1. The Labute approximate surface area is 202 Å². The van der Waals surface area contributed by atoms with Crippen LogP contribution in [0.1, 0.15) is 12.5 Å². The summed E-state index contributed by atoms with van der Waals surface area (Å²) >= 11 is 0. The molecule has 3 aromatic rings. The van der Waals surface area contributed by atoms with Crippen LogP contribution in [0.25, 0.3) is 10.9 Å². The van der Waals surface area contributed by atoms with E-state index < -0.39 is 11.6 Å². The zero-order valence-corrected chi connectivity index (χ0v) is 19.9. The van der Waals surface area contributed by atoms with Gasteiger partial charge in [-0.1, -0.05) is 0 Å². The Morgan fingerprint density at radius 3 is 2.46 bits per heavy atom. The molecule has 8 nitrogen and oxygen atoms in total. The normalized spacial score (nSPS) is 16.6. The van der Waals surface area contributed by atoms with E-state index in [2.05, 4.69) is 25.1 Å². The van der Waals surface area contributed by atoms with Gasteiger partial charge in [0.1, 0.15) is 17.5 Å². The van der Waals surface area contributed by atoms with Crippen molar-refractivity contribution in [3.63, 3.8) is 0 Å². The molecule has 10 heteroatoms. The van der Waals surface area contributed by atoms with Crippen molar-refractivity contribution in [1.29, 1.82) is 0 Å². The average molecular weight is 483 g/mol. The van der Waals surface area contributed by atoms with Crippen molar-refractivity contribution >= 4 is 39.7 Å². The van der Waals surface area contributed by atoms with Crippen LogP contribution < -0.4 is 15.1 Å². The maximum absolute atomic E-state index is 15.1. The summed E-state index contributed by atoms with van der Waals surface area (Å²) in [5, 5.41) is 3.58. The molecule has 4 heterocycles. The third kappa shape index (κ3) is 4.70. The summed E-state index contributed by atoms with van der Waals surface area (Å²) in [4.78, 5) is 26.8. The Balaban J connectivity index is 1.54. The number of pyridine rings is 2. The van der Waals surface area contributed by atoms with E-state index in [1.807, 2.05) is 13.0 Å². The molecule has 2 aromatic heterocycles. The molecule has 1 amide bonds. The number of halogens is 2. The first kappa shape index (κ1) is 23.2. The van der Waals surface area contributed by atoms with Gasteiger partial charge in [-0.2, -0.15) is 0 Å². The maximum atomic E-state index is 15.1. The van der Waals surface area contributed by atoms with Gasteiger partial charge in [0, 0.05) is 63.9 Å². The number of carbonyl (C=O) groups is 1. The number of morpholine rings is 1. The number of nitrogens with one attached hydrogen (secondary N) is 1. The summed E-state index contributed by atoms with van der Waals surface area (Å²) in [6.45, 7) is 8.60. The van der Waals surface area contributed by atoms with Crippen LogP contribution in [-0.2, 0) is 9.53 Å². The minimum Gasteiger partial charge on any atom is -0.378 e. The largest absolute Gasteiger partial charge is 0.378 e. The Morgan fingerprint density at radius 2 is 1.74 bits per heavy atom. The number of rotatable bonds is 4. The molecule has 1 N–H and O–H groups in total. The van der Waals surface area contributed by atoms with Crippen LogP contribution in [-0.4, -0.2) is 73.3 Å². The van der Waals surface area contributed by atoms with Gasteiger partial charge in [0.05, 0.1) is 53.6 Å². The van der Waals surface area contributed by atoms with E-state index in [0.717, 1.165) is 30.4 Å². The molecule has 2 fully saturated rings. The Kier molecular flexibility index (Phi) is 6.38. The molecule has 184 valence electrons. The van der Waals surface area contributed by atoms with Gasteiger partial charge in [-0.25, -0.2) is 13.8 Å². The number of carbonyl (C=O) groups excluding carboxylic acids is 1. The van der Waals surface area contributed by atoms with E-state index in [9.17, 15) is 9.18 Å². The number of hydrogen-bond donors (Lipinski definition) is 1. The highest BCUT2D eigenvalue weighted by Crippen LogP contribution is 2.37. The molecular formula is C25H28F2N6O2. The van der Waals surface area contributed by atoms with E-state index in [1.165, 1.54) is 6.07 Å². The number of benzene rings is 1. The fourth-order valence-corrected chi connectivity index (χ4v) is 4.73. The van der Waals surface area contributed by atoms with Gasteiger partial charge in [0.2, 0.25) is 5.91 Å². The molecule has 2 aliphatic rings. The minimum atomic E-state index is -0.680. The van der Waals surface area contributed by atoms with Crippen LogP contribution >= 0.6 is 0 Å². The number of ether oxygens (including phenoxy) is 1. The van der Waals surface area contributed by atoms with E-state index in [1.54, 1.807) is 24.2 Å². The Hall–Kier alpha value is -3.53. The molecule has 5 rings (SSSR count). The molecule has 35 heavy (non-hydrogen) atoms. The minimum absolute atomic E-state index is 0.0343. The smallest absolute Gasteiger partial charge is 0.219 e. The molecule has 0 bridgehead atoms. The van der Waals surface area contributed by atoms with Crippen molar-refractivity contribution in [2.24, 2.45) is 0 Å². The number of nitrogens with zero attached hydrogens (tertiary/aromatic N) is 5. The van der Waals surface area contributed by atoms with Crippen molar-refractivity contribution in [3.05, 3.63) is 47.8 Å². The Morgan fingerprint density at radius 1 is 1.00 bits per heavy atom. The first-order chi connectivity index (χ1) is 16.9. The Bertz CT molecular complexity index is 1260. The number of fused-ring (bicyclic) bond motifs is 1. The standard InChI is InChI=1S/C25H28F2N6O2/c1-16-24(29-19-13-20(15-28-14-19)32-7-9-35-10-8-32)23-21(27)11-18(26)12-22(23)30-25(16)33-5-3-31(4-6-33)17(2)34/h11-15H,3-10H2,1-2H3,(H,29,30). The third-order valence-corrected chi connectivity index (χ3v) is 6.61.